The summed E-state index contributed by atoms with van der Waals surface area (Å²) in [6.07, 6.45) is 5.95. The lowest BCUT2D eigenvalue weighted by Gasteiger charge is -2.08. The summed E-state index contributed by atoms with van der Waals surface area (Å²) >= 11 is 2.91. The molecule has 4 heterocycles. The average molecular weight is 412 g/mol. The fraction of sp³-hybridized carbons (Fsp3) is 0.300. The number of anilines is 1. The minimum atomic E-state index is 0.0882. The summed E-state index contributed by atoms with van der Waals surface area (Å²) in [6.45, 7) is 4.03. The number of Topliss-reactive ketones (excluding diaryl/α,β-unsaturated/α-hetero) is 1. The number of ketones is 1. The third kappa shape index (κ3) is 3.12. The second-order valence-corrected chi connectivity index (χ2v) is 8.59. The number of aromatic nitrogens is 4. The van der Waals surface area contributed by atoms with Crippen LogP contribution in [0.25, 0.3) is 32.2 Å². The molecule has 0 fully saturated rings. The highest BCUT2D eigenvalue weighted by molar-refractivity contribution is 7.21. The van der Waals surface area contributed by atoms with E-state index in [0.29, 0.717) is 17.0 Å². The van der Waals surface area contributed by atoms with E-state index in [-0.39, 0.29) is 5.78 Å². The van der Waals surface area contributed by atoms with Gasteiger partial charge in [-0.05, 0) is 19.4 Å². The number of nitrogens with two attached hydrogens (primary N) is 1. The zero-order chi connectivity index (χ0) is 19.8. The summed E-state index contributed by atoms with van der Waals surface area (Å²) in [7, 11) is 1.98. The predicted molar refractivity (Wildman–Crippen MR) is 116 cm³/mol. The maximum absolute atomic E-state index is 12.7. The van der Waals surface area contributed by atoms with Crippen LogP contribution in [0.2, 0.25) is 0 Å². The Kier molecular flexibility index (Phi) is 4.99. The molecule has 144 valence electrons. The van der Waals surface area contributed by atoms with Crippen molar-refractivity contribution in [2.24, 2.45) is 7.05 Å². The molecule has 0 atom stereocenters. The van der Waals surface area contributed by atoms with Crippen molar-refractivity contribution in [1.82, 2.24) is 19.5 Å². The number of pyridine rings is 1. The number of nitrogen functional groups attached to an aromatic ring is 1. The smallest absolute Gasteiger partial charge is 0.174 e. The van der Waals surface area contributed by atoms with Gasteiger partial charge in [0.25, 0.3) is 0 Å². The fourth-order valence-corrected chi connectivity index (χ4v) is 4.88. The summed E-state index contributed by atoms with van der Waals surface area (Å²) in [4.78, 5) is 27.7. The SMILES string of the molecule is CCCCC(=O)c1sc2nc(-c3nccs3)cc(-c3cnc(C)n3C)c2c1N. The second kappa shape index (κ2) is 7.44. The number of carbonyl (C=O) groups is 1. The average Bonchev–Trinajstić information content (AvgIpc) is 3.41. The molecule has 6 nitrogen and oxygen atoms in total. The number of thiazole rings is 1. The van der Waals surface area contributed by atoms with E-state index in [2.05, 4.69) is 16.9 Å². The predicted octanol–water partition coefficient (Wildman–Crippen LogP) is 5.08. The topological polar surface area (TPSA) is 86.7 Å². The van der Waals surface area contributed by atoms with Gasteiger partial charge in [0.15, 0.2) is 5.78 Å². The Hall–Kier alpha value is -2.58. The summed E-state index contributed by atoms with van der Waals surface area (Å²) in [5, 5.41) is 3.60. The molecule has 0 aliphatic carbocycles. The third-order valence-corrected chi connectivity index (χ3v) is 6.79. The first-order valence-electron chi connectivity index (χ1n) is 9.16. The number of aryl methyl sites for hydroxylation is 1. The van der Waals surface area contributed by atoms with E-state index >= 15 is 0 Å². The molecule has 0 unspecified atom stereocenters. The molecular weight excluding hydrogens is 390 g/mol. The first kappa shape index (κ1) is 18.8. The minimum absolute atomic E-state index is 0.0882. The van der Waals surface area contributed by atoms with Crippen LogP contribution in [0.4, 0.5) is 5.69 Å². The van der Waals surface area contributed by atoms with Gasteiger partial charge in [-0.2, -0.15) is 0 Å². The summed E-state index contributed by atoms with van der Waals surface area (Å²) in [5.74, 6) is 0.995. The number of imidazole rings is 1. The lowest BCUT2D eigenvalue weighted by molar-refractivity contribution is 0.0984. The Bertz CT molecular complexity index is 1160. The Morgan fingerprint density at radius 3 is 2.79 bits per heavy atom. The van der Waals surface area contributed by atoms with Crippen molar-refractivity contribution in [3.63, 3.8) is 0 Å². The van der Waals surface area contributed by atoms with Crippen molar-refractivity contribution in [2.75, 3.05) is 5.73 Å². The third-order valence-electron chi connectivity index (χ3n) is 4.86. The Labute approximate surface area is 171 Å². The number of rotatable bonds is 6. The van der Waals surface area contributed by atoms with Gasteiger partial charge in [0.05, 0.1) is 22.5 Å². The van der Waals surface area contributed by atoms with Crippen molar-refractivity contribution in [1.29, 1.82) is 0 Å². The molecule has 4 aromatic rings. The van der Waals surface area contributed by atoms with E-state index in [0.717, 1.165) is 50.8 Å². The van der Waals surface area contributed by atoms with Gasteiger partial charge in [-0.25, -0.2) is 15.0 Å². The molecular formula is C20H21N5OS2. The number of hydrogen-bond acceptors (Lipinski definition) is 7. The number of unbranched alkanes of at least 4 members (excludes halogenated alkanes) is 1. The van der Waals surface area contributed by atoms with Crippen LogP contribution in [0.15, 0.2) is 23.8 Å². The van der Waals surface area contributed by atoms with Crippen LogP contribution in [0.1, 0.15) is 41.7 Å². The first-order chi connectivity index (χ1) is 13.5. The van der Waals surface area contributed by atoms with Gasteiger partial charge < -0.3 is 10.3 Å². The van der Waals surface area contributed by atoms with Crippen LogP contribution >= 0.6 is 22.7 Å². The maximum atomic E-state index is 12.7. The highest BCUT2D eigenvalue weighted by Gasteiger charge is 2.23. The van der Waals surface area contributed by atoms with E-state index < -0.39 is 0 Å². The molecule has 0 spiro atoms. The van der Waals surface area contributed by atoms with Gasteiger partial charge in [-0.3, -0.25) is 4.79 Å². The molecule has 28 heavy (non-hydrogen) atoms. The van der Waals surface area contributed by atoms with Gasteiger partial charge in [0, 0.05) is 36.0 Å². The highest BCUT2D eigenvalue weighted by atomic mass is 32.1. The molecule has 0 radical (unpaired) electrons. The molecule has 0 saturated heterocycles. The lowest BCUT2D eigenvalue weighted by atomic mass is 10.1. The quantitative estimate of drug-likeness (QED) is 0.447. The van der Waals surface area contributed by atoms with Crippen LogP contribution in [0, 0.1) is 6.92 Å². The van der Waals surface area contributed by atoms with Crippen LogP contribution in [0.3, 0.4) is 0 Å². The van der Waals surface area contributed by atoms with Crippen LogP contribution in [-0.4, -0.2) is 25.3 Å². The van der Waals surface area contributed by atoms with E-state index in [4.69, 9.17) is 10.7 Å². The highest BCUT2D eigenvalue weighted by Crippen LogP contribution is 2.42. The number of fused-ring (bicyclic) bond motifs is 1. The number of nitrogens with zero attached hydrogens (tertiary/aromatic N) is 4. The van der Waals surface area contributed by atoms with Gasteiger partial charge in [0.1, 0.15) is 21.4 Å². The zero-order valence-corrected chi connectivity index (χ0v) is 17.7. The molecule has 8 heteroatoms. The van der Waals surface area contributed by atoms with E-state index in [9.17, 15) is 4.79 Å². The molecule has 0 aliphatic heterocycles. The fourth-order valence-electron chi connectivity index (χ4n) is 3.19. The van der Waals surface area contributed by atoms with Crippen LogP contribution < -0.4 is 5.73 Å². The molecule has 4 aromatic heterocycles. The van der Waals surface area contributed by atoms with Crippen molar-refractivity contribution in [3.8, 4) is 22.0 Å². The molecule has 4 rings (SSSR count). The Balaban J connectivity index is 1.98. The maximum Gasteiger partial charge on any atom is 0.174 e. The molecule has 0 aromatic carbocycles. The summed E-state index contributed by atoms with van der Waals surface area (Å²) in [5.41, 5.74) is 9.66. The zero-order valence-electron chi connectivity index (χ0n) is 16.0. The normalized spacial score (nSPS) is 11.4. The first-order valence-corrected chi connectivity index (χ1v) is 10.9. The number of hydrogen-bond donors (Lipinski definition) is 1. The summed E-state index contributed by atoms with van der Waals surface area (Å²) in [6, 6.07) is 2.00. The minimum Gasteiger partial charge on any atom is -0.397 e. The molecule has 0 amide bonds. The van der Waals surface area contributed by atoms with Crippen molar-refractivity contribution < 1.29 is 4.79 Å². The molecule has 0 aliphatic rings. The van der Waals surface area contributed by atoms with Gasteiger partial charge in [0.2, 0.25) is 0 Å². The van der Waals surface area contributed by atoms with Gasteiger partial charge in [-0.15, -0.1) is 22.7 Å². The molecule has 2 N–H and O–H groups in total. The monoisotopic (exact) mass is 411 g/mol. The van der Waals surface area contributed by atoms with Gasteiger partial charge >= 0.3 is 0 Å². The van der Waals surface area contributed by atoms with E-state index in [1.807, 2.05) is 36.2 Å². The van der Waals surface area contributed by atoms with Crippen molar-refractivity contribution in [3.05, 3.63) is 34.5 Å². The standard InChI is InChI=1S/C20H21N5OS2/c1-4-5-6-15(26)18-17(21)16-12(14-10-23-11(2)25(14)3)9-13(24-20(16)28-18)19-22-7-8-27-19/h7-10H,4-6,21H2,1-3H3. The van der Waals surface area contributed by atoms with Gasteiger partial charge in [-0.1, -0.05) is 13.3 Å². The van der Waals surface area contributed by atoms with Crippen molar-refractivity contribution >= 4 is 44.4 Å². The number of carbonyl (C=O) groups excluding carboxylic acids is 1. The summed E-state index contributed by atoms with van der Waals surface area (Å²) < 4.78 is 2.02. The molecule has 0 bridgehead atoms. The molecule has 0 saturated carbocycles. The lowest BCUT2D eigenvalue weighted by Crippen LogP contribution is -2.00. The Morgan fingerprint density at radius 2 is 2.14 bits per heavy atom. The second-order valence-electron chi connectivity index (χ2n) is 6.69. The van der Waals surface area contributed by atoms with Crippen LogP contribution in [0.5, 0.6) is 0 Å². The Morgan fingerprint density at radius 1 is 1.32 bits per heavy atom. The van der Waals surface area contributed by atoms with Crippen molar-refractivity contribution in [2.45, 2.75) is 33.1 Å². The number of thiophene rings is 1. The van der Waals surface area contributed by atoms with E-state index in [1.54, 1.807) is 6.20 Å². The largest absolute Gasteiger partial charge is 0.397 e. The van der Waals surface area contributed by atoms with Crippen LogP contribution in [-0.2, 0) is 7.05 Å². The van der Waals surface area contributed by atoms with E-state index in [1.165, 1.54) is 22.7 Å².